The van der Waals surface area contributed by atoms with Crippen LogP contribution >= 0.6 is 11.8 Å². The van der Waals surface area contributed by atoms with Crippen LogP contribution in [-0.2, 0) is 4.79 Å². The van der Waals surface area contributed by atoms with Gasteiger partial charge in [-0.25, -0.2) is 19.7 Å². The van der Waals surface area contributed by atoms with Crippen LogP contribution in [-0.4, -0.2) is 33.0 Å². The van der Waals surface area contributed by atoms with Gasteiger partial charge >= 0.3 is 11.5 Å². The van der Waals surface area contributed by atoms with E-state index in [1.165, 1.54) is 36.7 Å². The molecule has 1 aliphatic heterocycles. The molecule has 188 valence electrons. The molecule has 0 saturated carbocycles. The highest BCUT2D eigenvalue weighted by atomic mass is 32.2. The molecular weight excluding hydrogens is 503 g/mol. The predicted octanol–water partition coefficient (Wildman–Crippen LogP) is 5.77. The van der Waals surface area contributed by atoms with Crippen molar-refractivity contribution in [3.63, 3.8) is 0 Å². The van der Waals surface area contributed by atoms with Crippen molar-refractivity contribution < 1.29 is 31.5 Å². The molecule has 1 fully saturated rings. The van der Waals surface area contributed by atoms with Crippen molar-refractivity contribution in [3.8, 4) is 0 Å². The number of alkyl halides is 3. The van der Waals surface area contributed by atoms with Crippen LogP contribution in [0.25, 0.3) is 0 Å². The summed E-state index contributed by atoms with van der Waals surface area (Å²) in [5, 5.41) is 2.72. The molecule has 0 radical (unpaired) electrons. The Balaban J connectivity index is 1.79. The van der Waals surface area contributed by atoms with Gasteiger partial charge in [-0.05, 0) is 71.4 Å². The molecule has 2 atom stereocenters. The number of carbonyl (C=O) groups is 2. The molecule has 3 amide bonds. The van der Waals surface area contributed by atoms with E-state index in [-0.39, 0.29) is 22.3 Å². The number of anilines is 1. The van der Waals surface area contributed by atoms with Gasteiger partial charge in [0.15, 0.2) is 0 Å². The minimum Gasteiger partial charge on any atom is -0.322 e. The molecule has 6 nitrogen and oxygen atoms in total. The number of imide groups is 1. The Morgan fingerprint density at radius 3 is 1.83 bits per heavy atom. The Morgan fingerprint density at radius 2 is 1.39 bits per heavy atom. The van der Waals surface area contributed by atoms with E-state index in [0.717, 1.165) is 29.2 Å². The van der Waals surface area contributed by atoms with Gasteiger partial charge in [-0.2, -0.15) is 22.0 Å². The lowest BCUT2D eigenvalue weighted by Gasteiger charge is -2.38. The summed E-state index contributed by atoms with van der Waals surface area (Å²) in [6, 6.07) is 9.22. The molecule has 3 heterocycles. The summed E-state index contributed by atoms with van der Waals surface area (Å²) < 4.78 is 66.0. The number of nitrogens with one attached hydrogen (secondary N) is 1. The molecule has 0 spiro atoms. The summed E-state index contributed by atoms with van der Waals surface area (Å²) in [6.07, 6.45) is 2.45. The number of thioether (sulfide) groups is 1. The van der Waals surface area contributed by atoms with Crippen molar-refractivity contribution in [2.75, 3.05) is 4.90 Å². The fourth-order valence-corrected chi connectivity index (χ4v) is 5.00. The van der Waals surface area contributed by atoms with Gasteiger partial charge in [-0.3, -0.25) is 4.79 Å². The number of hydrogen-bond donors (Lipinski definition) is 1. The van der Waals surface area contributed by atoms with Crippen LogP contribution < -0.4 is 10.2 Å². The third-order valence-electron chi connectivity index (χ3n) is 6.27. The second-order valence-electron chi connectivity index (χ2n) is 8.25. The van der Waals surface area contributed by atoms with Crippen LogP contribution in [0, 0.1) is 11.9 Å². The van der Waals surface area contributed by atoms with Gasteiger partial charge in [0.05, 0.1) is 5.69 Å². The summed E-state index contributed by atoms with van der Waals surface area (Å²) in [6.45, 7) is 3.24. The molecule has 2 unspecified atom stereocenters. The van der Waals surface area contributed by atoms with Gasteiger partial charge in [0.1, 0.15) is 5.54 Å². The van der Waals surface area contributed by atoms with Crippen LogP contribution in [0.3, 0.4) is 0 Å². The predicted molar refractivity (Wildman–Crippen MR) is 122 cm³/mol. The van der Waals surface area contributed by atoms with E-state index < -0.39 is 46.7 Å². The highest BCUT2D eigenvalue weighted by Crippen LogP contribution is 2.45. The van der Waals surface area contributed by atoms with E-state index in [2.05, 4.69) is 15.3 Å². The summed E-state index contributed by atoms with van der Waals surface area (Å²) in [5.74, 6) is -3.93. The highest BCUT2D eigenvalue weighted by Gasteiger charge is 2.58. The van der Waals surface area contributed by atoms with Crippen molar-refractivity contribution >= 4 is 29.4 Å². The summed E-state index contributed by atoms with van der Waals surface area (Å²) >= 11 is -0.326. The molecule has 1 aromatic carbocycles. The second kappa shape index (κ2) is 9.49. The van der Waals surface area contributed by atoms with Gasteiger partial charge in [-0.15, -0.1) is 0 Å². The number of rotatable bonds is 6. The Morgan fingerprint density at radius 1 is 0.889 bits per heavy atom. The minimum absolute atomic E-state index is 0.0483. The van der Waals surface area contributed by atoms with Crippen LogP contribution in [0.1, 0.15) is 36.8 Å². The Kier molecular flexibility index (Phi) is 6.74. The van der Waals surface area contributed by atoms with Gasteiger partial charge < -0.3 is 5.32 Å². The number of urea groups is 1. The monoisotopic (exact) mass is 522 g/mol. The van der Waals surface area contributed by atoms with Gasteiger partial charge in [0.2, 0.25) is 11.9 Å². The smallest absolute Gasteiger partial charge is 0.322 e. The van der Waals surface area contributed by atoms with Crippen molar-refractivity contribution in [1.82, 2.24) is 15.3 Å². The number of benzene rings is 1. The SMILES string of the molecule is CC(c1ccnc(F)c1)C1(C(C)c2ccnc(F)c2)NC(=O)N(c2ccc(SC(F)(F)F)cc2)C1=O. The molecule has 0 bridgehead atoms. The maximum atomic E-state index is 14.0. The van der Waals surface area contributed by atoms with E-state index in [9.17, 15) is 31.5 Å². The number of carbonyl (C=O) groups excluding carboxylic acids is 2. The van der Waals surface area contributed by atoms with E-state index in [0.29, 0.717) is 11.1 Å². The Bertz CT molecular complexity index is 1250. The number of pyridine rings is 2. The average Bonchev–Trinajstić information content (AvgIpc) is 3.08. The van der Waals surface area contributed by atoms with E-state index >= 15 is 0 Å². The number of halogens is 5. The summed E-state index contributed by atoms with van der Waals surface area (Å²) in [7, 11) is 0. The van der Waals surface area contributed by atoms with Crippen molar-refractivity contribution in [2.45, 2.75) is 41.6 Å². The normalized spacial score (nSPS) is 19.8. The van der Waals surface area contributed by atoms with Crippen LogP contribution in [0.4, 0.5) is 32.4 Å². The first-order chi connectivity index (χ1) is 16.9. The van der Waals surface area contributed by atoms with Crippen LogP contribution in [0.15, 0.2) is 65.8 Å². The molecular formula is C24H19F5N4O2S. The van der Waals surface area contributed by atoms with E-state index in [1.807, 2.05) is 0 Å². The van der Waals surface area contributed by atoms with Crippen molar-refractivity contribution in [1.29, 1.82) is 0 Å². The van der Waals surface area contributed by atoms with E-state index in [4.69, 9.17) is 0 Å². The van der Waals surface area contributed by atoms with Crippen LogP contribution in [0.5, 0.6) is 0 Å². The fourth-order valence-electron chi connectivity index (χ4n) is 4.46. The van der Waals surface area contributed by atoms with E-state index in [1.54, 1.807) is 13.8 Å². The lowest BCUT2D eigenvalue weighted by atomic mass is 9.70. The number of aromatic nitrogens is 2. The van der Waals surface area contributed by atoms with Crippen molar-refractivity contribution in [2.24, 2.45) is 0 Å². The standard InChI is InChI=1S/C24H19F5N4O2S/c1-13(15-7-9-30-19(25)11-15)23(14(2)16-8-10-31-20(26)12-16)21(34)33(22(35)32-23)17-3-5-18(6-4-17)36-24(27,28)29/h3-14H,1-2H3,(H,32,35). The molecule has 2 aromatic heterocycles. The molecule has 1 aliphatic rings. The molecule has 4 rings (SSSR count). The second-order valence-corrected chi connectivity index (χ2v) is 9.39. The summed E-state index contributed by atoms with van der Waals surface area (Å²) in [4.78, 5) is 34.9. The lowest BCUT2D eigenvalue weighted by molar-refractivity contribution is -0.123. The quantitative estimate of drug-likeness (QED) is 0.193. The maximum absolute atomic E-state index is 14.0. The van der Waals surface area contributed by atoms with Crippen molar-refractivity contribution in [3.05, 3.63) is 83.9 Å². The Labute approximate surface area is 206 Å². The molecule has 12 heteroatoms. The zero-order valence-corrected chi connectivity index (χ0v) is 19.7. The molecule has 3 aromatic rings. The fraction of sp³-hybridized carbons (Fsp3) is 0.250. The van der Waals surface area contributed by atoms with Gasteiger partial charge in [-0.1, -0.05) is 13.8 Å². The molecule has 36 heavy (non-hydrogen) atoms. The third-order valence-corrected chi connectivity index (χ3v) is 7.01. The first-order valence-corrected chi connectivity index (χ1v) is 11.5. The molecule has 0 aliphatic carbocycles. The number of amides is 3. The van der Waals surface area contributed by atoms with Gasteiger partial charge in [0.25, 0.3) is 5.91 Å². The molecule has 1 saturated heterocycles. The topological polar surface area (TPSA) is 75.2 Å². The number of nitrogens with zero attached hydrogens (tertiary/aromatic N) is 3. The minimum atomic E-state index is -4.50. The van der Waals surface area contributed by atoms with Crippen LogP contribution in [0.2, 0.25) is 0 Å². The third kappa shape index (κ3) is 4.77. The highest BCUT2D eigenvalue weighted by molar-refractivity contribution is 8.00. The zero-order chi connectivity index (χ0) is 26.3. The number of hydrogen-bond acceptors (Lipinski definition) is 5. The first-order valence-electron chi connectivity index (χ1n) is 10.7. The first kappa shape index (κ1) is 25.5. The largest absolute Gasteiger partial charge is 0.446 e. The summed E-state index contributed by atoms with van der Waals surface area (Å²) in [5.41, 5.74) is -5.43. The molecule has 1 N–H and O–H groups in total. The van der Waals surface area contributed by atoms with Gasteiger partial charge in [0, 0.05) is 29.1 Å². The lowest BCUT2D eigenvalue weighted by Crippen LogP contribution is -2.55. The average molecular weight is 522 g/mol. The zero-order valence-electron chi connectivity index (χ0n) is 18.9. The maximum Gasteiger partial charge on any atom is 0.446 e. The Hall–Kier alpha value is -3.54.